The fourth-order valence-corrected chi connectivity index (χ4v) is 1.74. The van der Waals surface area contributed by atoms with E-state index in [0.29, 0.717) is 6.20 Å². The Morgan fingerprint density at radius 2 is 1.95 bits per heavy atom. The quantitative estimate of drug-likeness (QED) is 0.690. The lowest BCUT2D eigenvalue weighted by Gasteiger charge is -2.33. The van der Waals surface area contributed by atoms with Crippen molar-refractivity contribution >= 4 is 5.84 Å². The molecule has 0 aromatic carbocycles. The fraction of sp³-hybridized carbons (Fsp3) is 0.273. The molecule has 1 aliphatic rings. The molecule has 0 amide bonds. The maximum absolute atomic E-state index is 12.4. The summed E-state index contributed by atoms with van der Waals surface area (Å²) in [7, 11) is 0. The van der Waals surface area contributed by atoms with Gasteiger partial charge >= 0.3 is 6.18 Å². The molecular formula is C11H12F3N5. The van der Waals surface area contributed by atoms with Gasteiger partial charge in [0.2, 0.25) is 0 Å². The Balaban J connectivity index is 2.38. The van der Waals surface area contributed by atoms with Crippen molar-refractivity contribution in [2.75, 3.05) is 0 Å². The lowest BCUT2D eigenvalue weighted by molar-refractivity contribution is -0.137. The normalized spacial score (nSPS) is 27.2. The Morgan fingerprint density at radius 3 is 2.47 bits per heavy atom. The zero-order valence-electron chi connectivity index (χ0n) is 9.72. The van der Waals surface area contributed by atoms with Crippen LogP contribution in [0.1, 0.15) is 11.3 Å². The van der Waals surface area contributed by atoms with Crippen LogP contribution < -0.4 is 17.2 Å². The Bertz CT molecular complexity index is 534. The molecule has 2 heterocycles. The number of rotatable bonds is 1. The number of nitrogens with two attached hydrogens (primary N) is 3. The molecule has 0 spiro atoms. The number of aliphatic imine (C=N–C) groups is 1. The second-order valence-corrected chi connectivity index (χ2v) is 4.21. The lowest BCUT2D eigenvalue weighted by Crippen LogP contribution is -2.59. The van der Waals surface area contributed by atoms with Crippen molar-refractivity contribution in [2.45, 2.75) is 17.8 Å². The zero-order valence-corrected chi connectivity index (χ0v) is 9.72. The van der Waals surface area contributed by atoms with Crippen LogP contribution in [0.3, 0.4) is 0 Å². The van der Waals surface area contributed by atoms with Crippen molar-refractivity contribution in [3.63, 3.8) is 0 Å². The summed E-state index contributed by atoms with van der Waals surface area (Å²) in [5.74, 6) is 0.103. The monoisotopic (exact) mass is 271 g/mol. The van der Waals surface area contributed by atoms with Gasteiger partial charge in [-0.25, -0.2) is 4.99 Å². The molecule has 0 saturated carbocycles. The molecule has 5 nitrogen and oxygen atoms in total. The molecule has 8 heteroatoms. The first-order valence-corrected chi connectivity index (χ1v) is 5.34. The highest BCUT2D eigenvalue weighted by atomic mass is 19.4. The summed E-state index contributed by atoms with van der Waals surface area (Å²) in [6, 6.07) is 1.24. The third kappa shape index (κ3) is 2.32. The van der Waals surface area contributed by atoms with E-state index in [-0.39, 0.29) is 11.5 Å². The van der Waals surface area contributed by atoms with Crippen LogP contribution in [0.25, 0.3) is 0 Å². The van der Waals surface area contributed by atoms with Crippen LogP contribution in [0, 0.1) is 0 Å². The van der Waals surface area contributed by atoms with Crippen LogP contribution >= 0.6 is 0 Å². The first-order valence-electron chi connectivity index (χ1n) is 5.34. The van der Waals surface area contributed by atoms with Crippen molar-refractivity contribution in [3.05, 3.63) is 41.9 Å². The smallest absolute Gasteiger partial charge is 0.386 e. The van der Waals surface area contributed by atoms with E-state index in [9.17, 15) is 13.2 Å². The number of hydrogen-bond acceptors (Lipinski definition) is 5. The third-order valence-corrected chi connectivity index (χ3v) is 2.94. The van der Waals surface area contributed by atoms with E-state index >= 15 is 0 Å². The number of halogens is 3. The van der Waals surface area contributed by atoms with E-state index in [0.717, 1.165) is 6.07 Å². The highest BCUT2D eigenvalue weighted by Crippen LogP contribution is 2.30. The Morgan fingerprint density at radius 1 is 1.26 bits per heavy atom. The first-order chi connectivity index (χ1) is 8.75. The predicted octanol–water partition coefficient (Wildman–Crippen LogP) is 0.466. The van der Waals surface area contributed by atoms with E-state index in [4.69, 9.17) is 17.2 Å². The maximum atomic E-state index is 12.4. The minimum Gasteiger partial charge on any atom is -0.386 e. The number of hydrogen-bond donors (Lipinski definition) is 3. The molecule has 19 heavy (non-hydrogen) atoms. The number of pyridine rings is 1. The van der Waals surface area contributed by atoms with Crippen LogP contribution in [0.2, 0.25) is 0 Å². The second kappa shape index (κ2) is 4.32. The van der Waals surface area contributed by atoms with Crippen LogP contribution in [0.4, 0.5) is 13.2 Å². The summed E-state index contributed by atoms with van der Waals surface area (Å²) in [6.07, 6.45) is -0.910. The van der Waals surface area contributed by atoms with Crippen LogP contribution in [-0.4, -0.2) is 16.9 Å². The molecule has 1 aliphatic heterocycles. The number of amidine groups is 1. The first kappa shape index (κ1) is 13.5. The molecule has 1 aromatic rings. The van der Waals surface area contributed by atoms with Gasteiger partial charge in [0.25, 0.3) is 0 Å². The van der Waals surface area contributed by atoms with E-state index in [1.54, 1.807) is 0 Å². The molecule has 0 bridgehead atoms. The Labute approximate surface area is 107 Å². The van der Waals surface area contributed by atoms with E-state index in [2.05, 4.69) is 9.98 Å². The van der Waals surface area contributed by atoms with Gasteiger partial charge in [0.05, 0.1) is 17.3 Å². The van der Waals surface area contributed by atoms with Crippen LogP contribution in [-0.2, 0) is 11.7 Å². The van der Waals surface area contributed by atoms with E-state index < -0.39 is 23.3 Å². The number of alkyl halides is 3. The molecule has 0 aliphatic carbocycles. The molecule has 0 saturated heterocycles. The molecule has 1 aromatic heterocycles. The lowest BCUT2D eigenvalue weighted by atomic mass is 9.85. The number of aromatic nitrogens is 1. The molecule has 2 unspecified atom stereocenters. The molecule has 0 radical (unpaired) electrons. The van der Waals surface area contributed by atoms with Gasteiger partial charge in [0.15, 0.2) is 0 Å². The summed E-state index contributed by atoms with van der Waals surface area (Å²) in [4.78, 5) is 7.53. The van der Waals surface area contributed by atoms with Crippen molar-refractivity contribution < 1.29 is 13.2 Å². The summed E-state index contributed by atoms with van der Waals surface area (Å²) >= 11 is 0. The van der Waals surface area contributed by atoms with Gasteiger partial charge in [-0.2, -0.15) is 13.2 Å². The SMILES string of the molecule is NC1=NC=CC(N)(c2ccc(C(F)(F)F)cn2)C1N. The molecule has 2 atom stereocenters. The van der Waals surface area contributed by atoms with Gasteiger partial charge in [-0.3, -0.25) is 4.98 Å². The summed E-state index contributed by atoms with van der Waals surface area (Å²) in [5.41, 5.74) is 15.5. The molecule has 0 fully saturated rings. The van der Waals surface area contributed by atoms with E-state index in [1.165, 1.54) is 18.3 Å². The van der Waals surface area contributed by atoms with Crippen molar-refractivity contribution in [2.24, 2.45) is 22.2 Å². The zero-order chi connectivity index (χ0) is 14.3. The molecule has 102 valence electrons. The van der Waals surface area contributed by atoms with Crippen LogP contribution in [0.15, 0.2) is 35.6 Å². The topological polar surface area (TPSA) is 103 Å². The van der Waals surface area contributed by atoms with Crippen molar-refractivity contribution in [3.8, 4) is 0 Å². The summed E-state index contributed by atoms with van der Waals surface area (Å²) < 4.78 is 37.3. The van der Waals surface area contributed by atoms with Gasteiger partial charge < -0.3 is 17.2 Å². The van der Waals surface area contributed by atoms with E-state index in [1.807, 2.05) is 0 Å². The minimum atomic E-state index is -4.45. The van der Waals surface area contributed by atoms with Crippen LogP contribution in [0.5, 0.6) is 0 Å². The predicted molar refractivity (Wildman–Crippen MR) is 63.8 cm³/mol. The number of nitrogens with zero attached hydrogens (tertiary/aromatic N) is 2. The molecule has 6 N–H and O–H groups in total. The van der Waals surface area contributed by atoms with Gasteiger partial charge in [-0.15, -0.1) is 0 Å². The van der Waals surface area contributed by atoms with Gasteiger partial charge in [-0.1, -0.05) is 0 Å². The molecular weight excluding hydrogens is 259 g/mol. The van der Waals surface area contributed by atoms with Crippen molar-refractivity contribution in [1.29, 1.82) is 0 Å². The fourth-order valence-electron chi connectivity index (χ4n) is 1.74. The average molecular weight is 271 g/mol. The Hall–Kier alpha value is -1.93. The van der Waals surface area contributed by atoms with Gasteiger partial charge in [0, 0.05) is 12.4 Å². The summed E-state index contributed by atoms with van der Waals surface area (Å²) in [5, 5.41) is 0. The minimum absolute atomic E-state index is 0.103. The average Bonchev–Trinajstić information content (AvgIpc) is 2.35. The largest absolute Gasteiger partial charge is 0.417 e. The molecule has 2 rings (SSSR count). The van der Waals surface area contributed by atoms with Gasteiger partial charge in [-0.05, 0) is 18.2 Å². The second-order valence-electron chi connectivity index (χ2n) is 4.21. The Kier molecular flexibility index (Phi) is 3.07. The standard InChI is InChI=1S/C11H12F3N5/c12-11(13,14)6-1-2-7(19-5-6)10(17)3-4-18-9(16)8(10)15/h1-5,8H,15,17H2,(H2,16,18). The highest BCUT2D eigenvalue weighted by Gasteiger charge is 2.38. The third-order valence-electron chi connectivity index (χ3n) is 2.94. The van der Waals surface area contributed by atoms with Gasteiger partial charge in [0.1, 0.15) is 11.4 Å². The highest BCUT2D eigenvalue weighted by molar-refractivity contribution is 5.89. The van der Waals surface area contributed by atoms with Crippen molar-refractivity contribution in [1.82, 2.24) is 4.98 Å². The maximum Gasteiger partial charge on any atom is 0.417 e. The summed E-state index contributed by atoms with van der Waals surface area (Å²) in [6.45, 7) is 0.